The Morgan fingerprint density at radius 2 is 2.24 bits per heavy atom. The first kappa shape index (κ1) is 16.6. The van der Waals surface area contributed by atoms with Gasteiger partial charge in [0, 0.05) is 17.6 Å². The molecule has 1 aliphatic carbocycles. The van der Waals surface area contributed by atoms with E-state index in [1.54, 1.807) is 34.2 Å². The van der Waals surface area contributed by atoms with Crippen molar-refractivity contribution >= 4 is 39.1 Å². The molecule has 0 spiro atoms. The highest BCUT2D eigenvalue weighted by Gasteiger charge is 2.22. The fourth-order valence-electron chi connectivity index (χ4n) is 3.32. The molecule has 0 aliphatic heterocycles. The first-order valence-electron chi connectivity index (χ1n) is 8.53. The molecule has 25 heavy (non-hydrogen) atoms. The molecule has 3 aromatic rings. The number of H-pyrrole nitrogens is 1. The van der Waals surface area contributed by atoms with Crippen LogP contribution in [0, 0.1) is 0 Å². The molecule has 0 saturated carbocycles. The van der Waals surface area contributed by atoms with Crippen molar-refractivity contribution < 1.29 is 4.79 Å². The topological polar surface area (TPSA) is 67.8 Å². The summed E-state index contributed by atoms with van der Waals surface area (Å²) in [5, 5.41) is 1.44. The SMILES string of the molecule is CCn1c(SCC(=O)c2ccc[nH]2)nc2sc3c(c2c1=O)CCCC3. The van der Waals surface area contributed by atoms with E-state index in [9.17, 15) is 9.59 Å². The van der Waals surface area contributed by atoms with Crippen LogP contribution in [0.5, 0.6) is 0 Å². The van der Waals surface area contributed by atoms with Crippen molar-refractivity contribution in [1.82, 2.24) is 14.5 Å². The quantitative estimate of drug-likeness (QED) is 0.421. The van der Waals surface area contributed by atoms with E-state index in [0.29, 0.717) is 17.4 Å². The van der Waals surface area contributed by atoms with Crippen molar-refractivity contribution in [3.8, 4) is 0 Å². The number of Topliss-reactive ketones (excluding diaryl/α,β-unsaturated/α-hetero) is 1. The highest BCUT2D eigenvalue weighted by Crippen LogP contribution is 2.34. The molecule has 7 heteroatoms. The zero-order chi connectivity index (χ0) is 17.4. The predicted octanol–water partition coefficient (Wildman–Crippen LogP) is 3.66. The van der Waals surface area contributed by atoms with Crippen LogP contribution in [0.15, 0.2) is 28.3 Å². The molecule has 4 rings (SSSR count). The summed E-state index contributed by atoms with van der Waals surface area (Å²) < 4.78 is 1.70. The second-order valence-corrected chi connectivity index (χ2v) is 8.16. The van der Waals surface area contributed by atoms with Crippen molar-refractivity contribution in [3.63, 3.8) is 0 Å². The number of aromatic amines is 1. The van der Waals surface area contributed by atoms with Crippen LogP contribution in [0.2, 0.25) is 0 Å². The third-order valence-corrected chi connectivity index (χ3v) is 6.75. The number of thioether (sulfide) groups is 1. The van der Waals surface area contributed by atoms with Gasteiger partial charge in [-0.25, -0.2) is 4.98 Å². The normalized spacial score (nSPS) is 14.0. The second-order valence-electron chi connectivity index (χ2n) is 6.13. The lowest BCUT2D eigenvalue weighted by atomic mass is 9.97. The van der Waals surface area contributed by atoms with Gasteiger partial charge in [0.15, 0.2) is 10.9 Å². The molecular formula is C18H19N3O2S2. The maximum atomic E-state index is 13.0. The van der Waals surface area contributed by atoms with Crippen molar-refractivity contribution in [2.45, 2.75) is 44.3 Å². The van der Waals surface area contributed by atoms with Gasteiger partial charge in [-0.15, -0.1) is 11.3 Å². The molecular weight excluding hydrogens is 354 g/mol. The minimum Gasteiger partial charge on any atom is -0.359 e. The number of aryl methyl sites for hydroxylation is 2. The standard InChI is InChI=1S/C18H19N3O2S2/c1-2-21-17(23)15-11-6-3-4-8-14(11)25-16(15)20-18(21)24-10-13(22)12-7-5-9-19-12/h5,7,9,19H,2-4,6,8,10H2,1H3. The Morgan fingerprint density at radius 3 is 3.00 bits per heavy atom. The Kier molecular flexibility index (Phi) is 4.52. The summed E-state index contributed by atoms with van der Waals surface area (Å²) >= 11 is 2.99. The van der Waals surface area contributed by atoms with Crippen LogP contribution in [0.3, 0.4) is 0 Å². The van der Waals surface area contributed by atoms with Gasteiger partial charge >= 0.3 is 0 Å². The van der Waals surface area contributed by atoms with E-state index < -0.39 is 0 Å². The number of hydrogen-bond donors (Lipinski definition) is 1. The minimum atomic E-state index is 0.0115. The highest BCUT2D eigenvalue weighted by atomic mass is 32.2. The van der Waals surface area contributed by atoms with Crippen LogP contribution in [0.4, 0.5) is 0 Å². The molecule has 1 N–H and O–H groups in total. The van der Waals surface area contributed by atoms with Crippen LogP contribution in [-0.2, 0) is 19.4 Å². The average molecular weight is 374 g/mol. The number of fused-ring (bicyclic) bond motifs is 3. The van der Waals surface area contributed by atoms with Gasteiger partial charge < -0.3 is 4.98 Å². The molecule has 3 heterocycles. The zero-order valence-electron chi connectivity index (χ0n) is 14.0. The van der Waals surface area contributed by atoms with Crippen molar-refractivity contribution in [1.29, 1.82) is 0 Å². The maximum absolute atomic E-state index is 13.0. The second kappa shape index (κ2) is 6.80. The van der Waals surface area contributed by atoms with Gasteiger partial charge in [0.25, 0.3) is 5.56 Å². The molecule has 3 aromatic heterocycles. The lowest BCUT2D eigenvalue weighted by Crippen LogP contribution is -2.23. The number of rotatable bonds is 5. The first-order chi connectivity index (χ1) is 12.2. The molecule has 0 bridgehead atoms. The Balaban J connectivity index is 1.71. The summed E-state index contributed by atoms with van der Waals surface area (Å²) in [6.07, 6.45) is 6.10. The summed E-state index contributed by atoms with van der Waals surface area (Å²) in [4.78, 5) is 35.1. The summed E-state index contributed by atoms with van der Waals surface area (Å²) in [5.41, 5.74) is 1.84. The fraction of sp³-hybridized carbons (Fsp3) is 0.389. The monoisotopic (exact) mass is 373 g/mol. The van der Waals surface area contributed by atoms with Gasteiger partial charge in [-0.1, -0.05) is 11.8 Å². The molecule has 0 aromatic carbocycles. The first-order valence-corrected chi connectivity index (χ1v) is 10.3. The van der Waals surface area contributed by atoms with Crippen LogP contribution in [0.1, 0.15) is 40.7 Å². The van der Waals surface area contributed by atoms with E-state index >= 15 is 0 Å². The maximum Gasteiger partial charge on any atom is 0.263 e. The van der Waals surface area contributed by atoms with Crippen molar-refractivity contribution in [3.05, 3.63) is 44.8 Å². The van der Waals surface area contributed by atoms with Gasteiger partial charge in [-0.05, 0) is 50.3 Å². The van der Waals surface area contributed by atoms with Crippen LogP contribution in [0.25, 0.3) is 10.2 Å². The molecule has 130 valence electrons. The summed E-state index contributed by atoms with van der Waals surface area (Å²) in [7, 11) is 0. The Bertz CT molecular complexity index is 986. The van der Waals surface area contributed by atoms with E-state index in [-0.39, 0.29) is 17.1 Å². The molecule has 0 radical (unpaired) electrons. The van der Waals surface area contributed by atoms with Crippen LogP contribution in [-0.4, -0.2) is 26.1 Å². The summed E-state index contributed by atoms with van der Waals surface area (Å²) in [6, 6.07) is 3.57. The Hall–Kier alpha value is -1.86. The third-order valence-electron chi connectivity index (χ3n) is 4.59. The largest absolute Gasteiger partial charge is 0.359 e. The lowest BCUT2D eigenvalue weighted by molar-refractivity contribution is 0.101. The van der Waals surface area contributed by atoms with E-state index in [1.807, 2.05) is 6.92 Å². The molecule has 5 nitrogen and oxygen atoms in total. The fourth-order valence-corrected chi connectivity index (χ4v) is 5.57. The number of nitrogens with one attached hydrogen (secondary N) is 1. The highest BCUT2D eigenvalue weighted by molar-refractivity contribution is 7.99. The van der Waals surface area contributed by atoms with E-state index in [1.165, 1.54) is 28.6 Å². The summed E-state index contributed by atoms with van der Waals surface area (Å²) in [6.45, 7) is 2.51. The Morgan fingerprint density at radius 1 is 1.40 bits per heavy atom. The number of nitrogens with zero attached hydrogens (tertiary/aromatic N) is 2. The minimum absolute atomic E-state index is 0.0115. The molecule has 0 amide bonds. The molecule has 0 atom stereocenters. The van der Waals surface area contributed by atoms with Crippen molar-refractivity contribution in [2.24, 2.45) is 0 Å². The van der Waals surface area contributed by atoms with E-state index in [0.717, 1.165) is 29.5 Å². The van der Waals surface area contributed by atoms with Gasteiger partial charge in [0.2, 0.25) is 0 Å². The predicted molar refractivity (Wildman–Crippen MR) is 102 cm³/mol. The van der Waals surface area contributed by atoms with Crippen LogP contribution >= 0.6 is 23.1 Å². The smallest absolute Gasteiger partial charge is 0.263 e. The number of aromatic nitrogens is 3. The van der Waals surface area contributed by atoms with E-state index in [2.05, 4.69) is 4.98 Å². The number of carbonyl (C=O) groups excluding carboxylic acids is 1. The number of hydrogen-bond acceptors (Lipinski definition) is 5. The number of ketones is 1. The number of thiophene rings is 1. The van der Waals surface area contributed by atoms with Gasteiger partial charge in [-0.3, -0.25) is 14.2 Å². The molecule has 1 aliphatic rings. The molecule has 0 fully saturated rings. The molecule has 0 saturated heterocycles. The van der Waals surface area contributed by atoms with Gasteiger partial charge in [0.1, 0.15) is 4.83 Å². The summed E-state index contributed by atoms with van der Waals surface area (Å²) in [5.74, 6) is 0.279. The lowest BCUT2D eigenvalue weighted by Gasteiger charge is -2.12. The van der Waals surface area contributed by atoms with Gasteiger partial charge in [-0.2, -0.15) is 0 Å². The third kappa shape index (κ3) is 2.95. The van der Waals surface area contributed by atoms with Gasteiger partial charge in [0.05, 0.1) is 16.8 Å². The van der Waals surface area contributed by atoms with Crippen LogP contribution < -0.4 is 5.56 Å². The molecule has 0 unspecified atom stereocenters. The Labute approximate surface area is 153 Å². The zero-order valence-corrected chi connectivity index (χ0v) is 15.6. The number of carbonyl (C=O) groups is 1. The van der Waals surface area contributed by atoms with Crippen molar-refractivity contribution in [2.75, 3.05) is 5.75 Å². The average Bonchev–Trinajstić information content (AvgIpc) is 3.27. The van der Waals surface area contributed by atoms with E-state index in [4.69, 9.17) is 4.98 Å².